The van der Waals surface area contributed by atoms with Crippen molar-refractivity contribution in [3.8, 4) is 11.3 Å². The van der Waals surface area contributed by atoms with Crippen molar-refractivity contribution < 1.29 is 18.7 Å². The van der Waals surface area contributed by atoms with Gasteiger partial charge in [-0.3, -0.25) is 9.78 Å². The molecule has 1 aromatic carbocycles. The van der Waals surface area contributed by atoms with Crippen molar-refractivity contribution in [2.45, 2.75) is 51.0 Å². The lowest BCUT2D eigenvalue weighted by Gasteiger charge is -2.37. The predicted molar refractivity (Wildman–Crippen MR) is 120 cm³/mol. The molecule has 7 nitrogen and oxygen atoms in total. The largest absolute Gasteiger partial charge is 0.392 e. The van der Waals surface area contributed by atoms with Crippen molar-refractivity contribution in [1.29, 1.82) is 0 Å². The van der Waals surface area contributed by atoms with Crippen LogP contribution in [0, 0.1) is 17.0 Å². The molecule has 3 aromatic rings. The topological polar surface area (TPSA) is 101 Å². The summed E-state index contributed by atoms with van der Waals surface area (Å²) in [5, 5.41) is 20.8. The molecule has 1 saturated carbocycles. The van der Waals surface area contributed by atoms with E-state index in [1.54, 1.807) is 19.2 Å². The van der Waals surface area contributed by atoms with E-state index >= 15 is 0 Å². The zero-order valence-corrected chi connectivity index (χ0v) is 19.1. The maximum absolute atomic E-state index is 14.4. The van der Waals surface area contributed by atoms with Crippen LogP contribution in [-0.4, -0.2) is 43.8 Å². The highest BCUT2D eigenvalue weighted by atomic mass is 19.1. The van der Waals surface area contributed by atoms with Crippen LogP contribution in [0.25, 0.3) is 11.3 Å². The van der Waals surface area contributed by atoms with Crippen molar-refractivity contribution in [2.24, 2.45) is 5.41 Å². The van der Waals surface area contributed by atoms with Gasteiger partial charge in [0.2, 0.25) is 0 Å². The Bertz CT molecular complexity index is 1280. The van der Waals surface area contributed by atoms with Crippen LogP contribution in [0.2, 0.25) is 0 Å². The first-order chi connectivity index (χ1) is 16.2. The SMILES string of the molecule is CC(O)CNC(=O)c1cncc([C@@]23CC[C@@H](c4cc(-c5c(F)cccc5F)nnc42)C3(C)C)n1. The minimum Gasteiger partial charge on any atom is -0.392 e. The van der Waals surface area contributed by atoms with Gasteiger partial charge in [-0.2, -0.15) is 5.10 Å². The van der Waals surface area contributed by atoms with E-state index in [9.17, 15) is 18.7 Å². The number of fused-ring (bicyclic) bond motifs is 5. The third-order valence-corrected chi connectivity index (χ3v) is 7.46. The molecule has 1 amide bonds. The summed E-state index contributed by atoms with van der Waals surface area (Å²) in [6.07, 6.45) is 3.94. The summed E-state index contributed by atoms with van der Waals surface area (Å²) < 4.78 is 28.8. The quantitative estimate of drug-likeness (QED) is 0.598. The lowest BCUT2D eigenvalue weighted by Crippen LogP contribution is -2.39. The molecule has 0 spiro atoms. The molecule has 1 fully saturated rings. The molecule has 176 valence electrons. The molecule has 0 radical (unpaired) electrons. The third kappa shape index (κ3) is 3.14. The zero-order valence-electron chi connectivity index (χ0n) is 19.1. The molecule has 2 aliphatic carbocycles. The number of hydrogen-bond donors (Lipinski definition) is 2. The Kier molecular flexibility index (Phi) is 5.20. The van der Waals surface area contributed by atoms with Crippen LogP contribution < -0.4 is 5.32 Å². The lowest BCUT2D eigenvalue weighted by atomic mass is 9.66. The second-order valence-corrected chi connectivity index (χ2v) is 9.70. The number of halogens is 2. The fourth-order valence-electron chi connectivity index (χ4n) is 5.77. The molecule has 0 aliphatic heterocycles. The predicted octanol–water partition coefficient (Wildman–Crippen LogP) is 3.53. The molecular formula is C25H25F2N5O2. The van der Waals surface area contributed by atoms with Crippen molar-refractivity contribution in [1.82, 2.24) is 25.5 Å². The third-order valence-electron chi connectivity index (χ3n) is 7.46. The minimum atomic E-state index is -0.687. The first-order valence-electron chi connectivity index (χ1n) is 11.3. The van der Waals surface area contributed by atoms with Gasteiger partial charge in [0.15, 0.2) is 0 Å². The number of aliphatic hydroxyl groups is 1. The standard InChI is InChI=1S/C25H25F2N5O2/c1-13(33)10-29-23(34)19-11-28-12-20(30-19)25-8-7-15(24(25,2)3)14-9-18(31-32-22(14)25)21-16(26)5-4-6-17(21)27/h4-6,9,11-13,15,33H,7-8,10H2,1-3H3,(H,29,34)/t13?,15-,25-/m0/s1. The van der Waals surface area contributed by atoms with Crippen molar-refractivity contribution in [3.63, 3.8) is 0 Å². The Morgan fingerprint density at radius 1 is 1.24 bits per heavy atom. The number of aliphatic hydroxyl groups excluding tert-OH is 1. The Morgan fingerprint density at radius 3 is 2.68 bits per heavy atom. The zero-order chi connectivity index (χ0) is 24.3. The molecule has 2 bridgehead atoms. The fraction of sp³-hybridized carbons (Fsp3) is 0.400. The Labute approximate surface area is 195 Å². The second-order valence-electron chi connectivity index (χ2n) is 9.70. The van der Waals surface area contributed by atoms with E-state index in [0.29, 0.717) is 11.4 Å². The number of amides is 1. The maximum atomic E-state index is 14.4. The maximum Gasteiger partial charge on any atom is 0.271 e. The molecule has 2 aliphatic rings. The van der Waals surface area contributed by atoms with Gasteiger partial charge in [-0.25, -0.2) is 13.8 Å². The van der Waals surface area contributed by atoms with Gasteiger partial charge in [-0.15, -0.1) is 5.10 Å². The highest BCUT2D eigenvalue weighted by molar-refractivity contribution is 5.92. The van der Waals surface area contributed by atoms with Gasteiger partial charge in [0.05, 0.1) is 40.4 Å². The summed E-state index contributed by atoms with van der Waals surface area (Å²) in [7, 11) is 0. The Hall–Kier alpha value is -3.33. The summed E-state index contributed by atoms with van der Waals surface area (Å²) in [6.45, 7) is 5.93. The molecule has 2 aromatic heterocycles. The average molecular weight is 466 g/mol. The monoisotopic (exact) mass is 465 g/mol. The second kappa shape index (κ2) is 7.87. The highest BCUT2D eigenvalue weighted by Gasteiger charge is 2.65. The molecule has 1 unspecified atom stereocenters. The number of carbonyl (C=O) groups excluding carboxylic acids is 1. The van der Waals surface area contributed by atoms with E-state index in [-0.39, 0.29) is 34.8 Å². The van der Waals surface area contributed by atoms with E-state index in [4.69, 9.17) is 0 Å². The molecule has 9 heteroatoms. The van der Waals surface area contributed by atoms with Crippen LogP contribution in [0.15, 0.2) is 36.7 Å². The minimum absolute atomic E-state index is 0.0844. The van der Waals surface area contributed by atoms with Crippen LogP contribution in [0.3, 0.4) is 0 Å². The van der Waals surface area contributed by atoms with Crippen molar-refractivity contribution >= 4 is 5.91 Å². The van der Waals surface area contributed by atoms with Gasteiger partial charge in [0.1, 0.15) is 17.3 Å². The summed E-state index contributed by atoms with van der Waals surface area (Å²) in [4.78, 5) is 21.5. The lowest BCUT2D eigenvalue weighted by molar-refractivity contribution is 0.0917. The van der Waals surface area contributed by atoms with Crippen LogP contribution in [-0.2, 0) is 5.41 Å². The fourth-order valence-corrected chi connectivity index (χ4v) is 5.77. The molecule has 3 atom stereocenters. The first kappa shape index (κ1) is 22.5. The van der Waals surface area contributed by atoms with E-state index in [2.05, 4.69) is 39.3 Å². The van der Waals surface area contributed by atoms with E-state index in [1.807, 2.05) is 0 Å². The summed E-state index contributed by atoms with van der Waals surface area (Å²) in [5.74, 6) is -1.71. The number of nitrogens with zero attached hydrogens (tertiary/aromatic N) is 4. The van der Waals surface area contributed by atoms with Gasteiger partial charge < -0.3 is 10.4 Å². The van der Waals surface area contributed by atoms with E-state index < -0.39 is 29.1 Å². The smallest absolute Gasteiger partial charge is 0.271 e. The van der Waals surface area contributed by atoms with Crippen LogP contribution >= 0.6 is 0 Å². The molecule has 34 heavy (non-hydrogen) atoms. The highest BCUT2D eigenvalue weighted by Crippen LogP contribution is 2.69. The van der Waals surface area contributed by atoms with Gasteiger partial charge >= 0.3 is 0 Å². The molecular weight excluding hydrogens is 440 g/mol. The summed E-state index contributed by atoms with van der Waals surface area (Å²) in [5.41, 5.74) is 1.37. The average Bonchev–Trinajstić information content (AvgIpc) is 3.18. The number of benzene rings is 1. The van der Waals surface area contributed by atoms with Gasteiger partial charge in [0, 0.05) is 12.7 Å². The van der Waals surface area contributed by atoms with Crippen LogP contribution in [0.1, 0.15) is 67.0 Å². The molecule has 0 saturated heterocycles. The number of hydrogen-bond acceptors (Lipinski definition) is 6. The van der Waals surface area contributed by atoms with Gasteiger partial charge in [-0.1, -0.05) is 19.9 Å². The van der Waals surface area contributed by atoms with Gasteiger partial charge in [-0.05, 0) is 54.9 Å². The number of aromatic nitrogens is 4. The molecule has 2 N–H and O–H groups in total. The molecule has 2 heterocycles. The number of carbonyl (C=O) groups is 1. The van der Waals surface area contributed by atoms with Crippen molar-refractivity contribution in [3.05, 3.63) is 70.9 Å². The normalized spacial score (nSPS) is 22.9. The molecule has 5 rings (SSSR count). The number of rotatable bonds is 5. The van der Waals surface area contributed by atoms with Gasteiger partial charge in [0.25, 0.3) is 5.91 Å². The van der Waals surface area contributed by atoms with Crippen molar-refractivity contribution in [2.75, 3.05) is 6.54 Å². The Balaban J connectivity index is 1.61. The van der Waals surface area contributed by atoms with Crippen LogP contribution in [0.5, 0.6) is 0 Å². The van der Waals surface area contributed by atoms with E-state index in [1.165, 1.54) is 24.4 Å². The number of nitrogens with one attached hydrogen (secondary N) is 1. The van der Waals surface area contributed by atoms with E-state index in [0.717, 1.165) is 18.4 Å². The first-order valence-corrected chi connectivity index (χ1v) is 11.3. The summed E-state index contributed by atoms with van der Waals surface area (Å²) >= 11 is 0. The van der Waals surface area contributed by atoms with Crippen LogP contribution in [0.4, 0.5) is 8.78 Å². The Morgan fingerprint density at radius 2 is 1.97 bits per heavy atom. The summed E-state index contributed by atoms with van der Waals surface area (Å²) in [6, 6.07) is 5.46.